The second-order valence-electron chi connectivity index (χ2n) is 3.04. The van der Waals surface area contributed by atoms with E-state index in [0.717, 1.165) is 0 Å². The van der Waals surface area contributed by atoms with Crippen molar-refractivity contribution in [3.63, 3.8) is 0 Å². The van der Waals surface area contributed by atoms with E-state index in [4.69, 9.17) is 10.8 Å². The number of alkyl halides is 2. The Bertz CT molecular complexity index is 413. The Morgan fingerprint density at radius 3 is 2.69 bits per heavy atom. The first-order chi connectivity index (χ1) is 7.47. The van der Waals surface area contributed by atoms with Gasteiger partial charge in [0.25, 0.3) is 6.43 Å². The molecule has 0 atom stereocenters. The van der Waals surface area contributed by atoms with E-state index in [9.17, 15) is 13.6 Å². The number of rotatable bonds is 4. The summed E-state index contributed by atoms with van der Waals surface area (Å²) in [6, 6.07) is 0. The predicted molar refractivity (Wildman–Crippen MR) is 61.1 cm³/mol. The predicted octanol–water partition coefficient (Wildman–Crippen LogP) is 1.71. The first-order valence-electron chi connectivity index (χ1n) is 4.33. The zero-order valence-corrected chi connectivity index (χ0v) is 10.2. The number of carboxylic acid groups (broad SMARTS) is 1. The molecule has 0 aliphatic rings. The summed E-state index contributed by atoms with van der Waals surface area (Å²) in [5.41, 5.74) is 5.53. The second-order valence-corrected chi connectivity index (χ2v) is 4.12. The Morgan fingerprint density at radius 2 is 2.25 bits per heavy atom. The molecule has 0 amide bonds. The quantitative estimate of drug-likeness (QED) is 0.817. The molecule has 0 aliphatic carbocycles. The van der Waals surface area contributed by atoms with E-state index in [1.807, 2.05) is 22.6 Å². The molecule has 0 unspecified atom stereocenters. The fourth-order valence-corrected chi connectivity index (χ4v) is 2.06. The molecule has 0 saturated heterocycles. The molecule has 0 spiro atoms. The Balaban J connectivity index is 3.30. The maximum absolute atomic E-state index is 12.6. The van der Waals surface area contributed by atoms with E-state index in [1.54, 1.807) is 0 Å². The van der Waals surface area contributed by atoms with Crippen LogP contribution in [0.25, 0.3) is 0 Å². The highest BCUT2D eigenvalue weighted by Gasteiger charge is 2.20. The molecule has 0 aromatic carbocycles. The van der Waals surface area contributed by atoms with Gasteiger partial charge in [0.2, 0.25) is 0 Å². The van der Waals surface area contributed by atoms with Crippen LogP contribution in [0.5, 0.6) is 0 Å². The average Bonchev–Trinajstić information content (AvgIpc) is 2.19. The average molecular weight is 342 g/mol. The van der Waals surface area contributed by atoms with E-state index >= 15 is 0 Å². The molecule has 16 heavy (non-hydrogen) atoms. The highest BCUT2D eigenvalue weighted by Crippen LogP contribution is 2.27. The van der Waals surface area contributed by atoms with Crippen LogP contribution in [-0.4, -0.2) is 16.1 Å². The lowest BCUT2D eigenvalue weighted by atomic mass is 10.1. The summed E-state index contributed by atoms with van der Waals surface area (Å²) in [5.74, 6) is -1.17. The molecule has 0 saturated carbocycles. The number of hydrogen-bond donors (Lipinski definition) is 2. The van der Waals surface area contributed by atoms with Crippen molar-refractivity contribution in [1.29, 1.82) is 0 Å². The summed E-state index contributed by atoms with van der Waals surface area (Å²) < 4.78 is 25.7. The summed E-state index contributed by atoms with van der Waals surface area (Å²) in [4.78, 5) is 14.2. The maximum atomic E-state index is 12.6. The van der Waals surface area contributed by atoms with Gasteiger partial charge < -0.3 is 10.8 Å². The van der Waals surface area contributed by atoms with Crippen LogP contribution in [0.1, 0.15) is 23.2 Å². The van der Waals surface area contributed by atoms with Crippen LogP contribution in [-0.2, 0) is 17.8 Å². The number of pyridine rings is 1. The normalized spacial score (nSPS) is 10.8. The number of aliphatic carboxylic acids is 1. The lowest BCUT2D eigenvalue weighted by Crippen LogP contribution is -2.12. The summed E-state index contributed by atoms with van der Waals surface area (Å²) in [7, 11) is 0. The van der Waals surface area contributed by atoms with Crippen molar-refractivity contribution in [1.82, 2.24) is 4.98 Å². The molecular formula is C9H9F2IN2O2. The van der Waals surface area contributed by atoms with Crippen LogP contribution in [0, 0.1) is 3.57 Å². The minimum atomic E-state index is -2.78. The van der Waals surface area contributed by atoms with Crippen LogP contribution in [0.15, 0.2) is 6.20 Å². The van der Waals surface area contributed by atoms with Gasteiger partial charge in [0.15, 0.2) is 0 Å². The number of carboxylic acids is 1. The van der Waals surface area contributed by atoms with E-state index in [1.165, 1.54) is 6.20 Å². The molecule has 3 N–H and O–H groups in total. The summed E-state index contributed by atoms with van der Waals surface area (Å²) in [6.45, 7) is 0.140. The highest BCUT2D eigenvalue weighted by molar-refractivity contribution is 14.1. The molecule has 1 aromatic heterocycles. The number of carbonyl (C=O) groups is 1. The van der Waals surface area contributed by atoms with Crippen LogP contribution in [0.3, 0.4) is 0 Å². The van der Waals surface area contributed by atoms with Crippen molar-refractivity contribution in [3.8, 4) is 0 Å². The Hall–Kier alpha value is -0.830. The minimum Gasteiger partial charge on any atom is -0.481 e. The number of halogens is 3. The maximum Gasteiger partial charge on any atom is 0.307 e. The molecule has 1 aromatic rings. The van der Waals surface area contributed by atoms with Gasteiger partial charge in [0.05, 0.1) is 6.42 Å². The summed E-state index contributed by atoms with van der Waals surface area (Å²) in [6.07, 6.45) is -2.00. The molecule has 0 aliphatic heterocycles. The van der Waals surface area contributed by atoms with Crippen molar-refractivity contribution in [2.75, 3.05) is 0 Å². The minimum absolute atomic E-state index is 0.0473. The smallest absolute Gasteiger partial charge is 0.307 e. The van der Waals surface area contributed by atoms with Crippen LogP contribution in [0.4, 0.5) is 8.78 Å². The Kier molecular flexibility index (Phi) is 4.54. The van der Waals surface area contributed by atoms with Gasteiger partial charge in [-0.2, -0.15) is 0 Å². The van der Waals surface area contributed by atoms with Crippen molar-refractivity contribution in [3.05, 3.63) is 26.6 Å². The van der Waals surface area contributed by atoms with E-state index in [-0.39, 0.29) is 12.1 Å². The SMILES string of the molecule is NCc1cnc(C(F)F)c(CC(=O)O)c1I. The van der Waals surface area contributed by atoms with Gasteiger partial charge in [-0.1, -0.05) is 0 Å². The molecule has 1 heterocycles. The van der Waals surface area contributed by atoms with Gasteiger partial charge in [-0.3, -0.25) is 9.78 Å². The number of aromatic nitrogens is 1. The third kappa shape index (κ3) is 2.85. The van der Waals surface area contributed by atoms with Crippen molar-refractivity contribution < 1.29 is 18.7 Å². The molecule has 0 fully saturated rings. The molecule has 0 bridgehead atoms. The lowest BCUT2D eigenvalue weighted by Gasteiger charge is -2.11. The molecule has 0 radical (unpaired) electrons. The van der Waals surface area contributed by atoms with E-state index < -0.39 is 24.5 Å². The molecule has 4 nitrogen and oxygen atoms in total. The van der Waals surface area contributed by atoms with E-state index in [2.05, 4.69) is 4.98 Å². The standard InChI is InChI=1S/C9H9F2IN2O2/c10-9(11)8-5(1-6(15)16)7(12)4(2-13)3-14-8/h3,9H,1-2,13H2,(H,15,16). The van der Waals surface area contributed by atoms with Gasteiger partial charge >= 0.3 is 5.97 Å². The van der Waals surface area contributed by atoms with Gasteiger partial charge in [0.1, 0.15) is 5.69 Å². The third-order valence-electron chi connectivity index (χ3n) is 1.97. The van der Waals surface area contributed by atoms with Gasteiger partial charge in [-0.15, -0.1) is 0 Å². The van der Waals surface area contributed by atoms with Crippen molar-refractivity contribution in [2.45, 2.75) is 19.4 Å². The van der Waals surface area contributed by atoms with Gasteiger partial charge in [-0.05, 0) is 28.2 Å². The zero-order chi connectivity index (χ0) is 12.3. The van der Waals surface area contributed by atoms with Gasteiger partial charge in [0, 0.05) is 21.9 Å². The monoisotopic (exact) mass is 342 g/mol. The number of nitrogens with two attached hydrogens (primary N) is 1. The number of hydrogen-bond acceptors (Lipinski definition) is 3. The first kappa shape index (κ1) is 13.2. The molecule has 88 valence electrons. The largest absolute Gasteiger partial charge is 0.481 e. The van der Waals surface area contributed by atoms with Gasteiger partial charge in [-0.25, -0.2) is 8.78 Å². The fraction of sp³-hybridized carbons (Fsp3) is 0.333. The Morgan fingerprint density at radius 1 is 1.62 bits per heavy atom. The third-order valence-corrected chi connectivity index (χ3v) is 3.31. The summed E-state index contributed by atoms with van der Waals surface area (Å²) >= 11 is 1.82. The van der Waals surface area contributed by atoms with Crippen LogP contribution in [0.2, 0.25) is 0 Å². The summed E-state index contributed by atoms with van der Waals surface area (Å²) in [5, 5.41) is 8.65. The second kappa shape index (κ2) is 5.48. The Labute approximate surface area is 104 Å². The van der Waals surface area contributed by atoms with E-state index in [0.29, 0.717) is 9.13 Å². The fourth-order valence-electron chi connectivity index (χ4n) is 1.24. The van der Waals surface area contributed by atoms with Crippen LogP contribution >= 0.6 is 22.6 Å². The number of nitrogens with zero attached hydrogens (tertiary/aromatic N) is 1. The molecule has 7 heteroatoms. The lowest BCUT2D eigenvalue weighted by molar-refractivity contribution is -0.136. The molecule has 1 rings (SSSR count). The highest BCUT2D eigenvalue weighted by atomic mass is 127. The van der Waals surface area contributed by atoms with Crippen LogP contribution < -0.4 is 5.73 Å². The zero-order valence-electron chi connectivity index (χ0n) is 8.08. The first-order valence-corrected chi connectivity index (χ1v) is 5.41. The van der Waals surface area contributed by atoms with Crippen molar-refractivity contribution in [2.24, 2.45) is 5.73 Å². The molecular weight excluding hydrogens is 333 g/mol. The van der Waals surface area contributed by atoms with Crippen molar-refractivity contribution >= 4 is 28.6 Å². The topological polar surface area (TPSA) is 76.2 Å².